The van der Waals surface area contributed by atoms with Crippen molar-refractivity contribution in [1.82, 2.24) is 10.2 Å². The van der Waals surface area contributed by atoms with Gasteiger partial charge in [-0.3, -0.25) is 4.79 Å². The first-order chi connectivity index (χ1) is 15.9. The molecule has 1 aliphatic carbocycles. The molecule has 3 N–H and O–H groups in total. The smallest absolute Gasteiger partial charge is 0.251 e. The first-order valence-corrected chi connectivity index (χ1v) is 12.6. The van der Waals surface area contributed by atoms with Gasteiger partial charge in [0.15, 0.2) is 0 Å². The van der Waals surface area contributed by atoms with Crippen molar-refractivity contribution in [3.63, 3.8) is 0 Å². The van der Waals surface area contributed by atoms with Gasteiger partial charge in [0.1, 0.15) is 5.75 Å². The van der Waals surface area contributed by atoms with Crippen LogP contribution in [0.2, 0.25) is 10.0 Å². The van der Waals surface area contributed by atoms with Crippen molar-refractivity contribution in [2.24, 2.45) is 5.73 Å². The number of carbonyl (C=O) groups is 1. The molecule has 2 fully saturated rings. The number of methoxy groups -OCH3 is 1. The summed E-state index contributed by atoms with van der Waals surface area (Å²) in [6, 6.07) is 12.1. The molecule has 33 heavy (non-hydrogen) atoms. The molecular formula is C26H33Cl2N3O2. The number of rotatable bonds is 7. The number of carbonyl (C=O) groups excluding carboxylic acids is 1. The highest BCUT2D eigenvalue weighted by Gasteiger charge is 2.25. The maximum atomic E-state index is 12.6. The van der Waals surface area contributed by atoms with Gasteiger partial charge in [0.25, 0.3) is 5.91 Å². The zero-order valence-corrected chi connectivity index (χ0v) is 20.7. The topological polar surface area (TPSA) is 67.6 Å². The predicted octanol–water partition coefficient (Wildman–Crippen LogP) is 5.03. The Balaban J connectivity index is 1.30. The van der Waals surface area contributed by atoms with Crippen LogP contribution in [0.3, 0.4) is 0 Å². The number of nitrogens with one attached hydrogen (secondary N) is 1. The van der Waals surface area contributed by atoms with Gasteiger partial charge >= 0.3 is 0 Å². The molecule has 2 aromatic rings. The quantitative estimate of drug-likeness (QED) is 0.571. The number of ether oxygens (including phenoxy) is 1. The maximum Gasteiger partial charge on any atom is 0.251 e. The summed E-state index contributed by atoms with van der Waals surface area (Å²) in [6.07, 6.45) is 6.36. The van der Waals surface area contributed by atoms with Crippen LogP contribution in [0.25, 0.3) is 0 Å². The molecule has 0 radical (unpaired) electrons. The van der Waals surface area contributed by atoms with Crippen LogP contribution >= 0.6 is 23.2 Å². The maximum absolute atomic E-state index is 12.6. The van der Waals surface area contributed by atoms with Crippen LogP contribution in [0, 0.1) is 0 Å². The third-order valence-electron chi connectivity index (χ3n) is 7.01. The van der Waals surface area contributed by atoms with Crippen LogP contribution in [-0.4, -0.2) is 49.6 Å². The summed E-state index contributed by atoms with van der Waals surface area (Å²) in [5.74, 6) is 1.42. The molecule has 178 valence electrons. The van der Waals surface area contributed by atoms with Crippen LogP contribution in [-0.2, 0) is 6.42 Å². The molecule has 1 amide bonds. The molecule has 1 saturated carbocycles. The third kappa shape index (κ3) is 6.21. The lowest BCUT2D eigenvalue weighted by atomic mass is 9.81. The fourth-order valence-corrected chi connectivity index (χ4v) is 5.33. The zero-order chi connectivity index (χ0) is 23.4. The Morgan fingerprint density at radius 3 is 2.61 bits per heavy atom. The first-order valence-electron chi connectivity index (χ1n) is 11.8. The lowest BCUT2D eigenvalue weighted by Crippen LogP contribution is -2.37. The van der Waals surface area contributed by atoms with Gasteiger partial charge in [0.2, 0.25) is 0 Å². The average molecular weight is 490 g/mol. The highest BCUT2D eigenvalue weighted by Crippen LogP contribution is 2.37. The van der Waals surface area contributed by atoms with E-state index in [9.17, 15) is 4.79 Å². The Morgan fingerprint density at radius 2 is 1.88 bits per heavy atom. The zero-order valence-electron chi connectivity index (χ0n) is 19.2. The molecule has 7 heteroatoms. The molecule has 1 saturated heterocycles. The predicted molar refractivity (Wildman–Crippen MR) is 135 cm³/mol. The number of amides is 1. The van der Waals surface area contributed by atoms with E-state index in [1.54, 1.807) is 25.3 Å². The van der Waals surface area contributed by atoms with Gasteiger partial charge in [-0.2, -0.15) is 0 Å². The van der Waals surface area contributed by atoms with E-state index in [0.717, 1.165) is 63.9 Å². The van der Waals surface area contributed by atoms with Gasteiger partial charge in [-0.1, -0.05) is 35.3 Å². The molecule has 1 heterocycles. The molecule has 2 aliphatic rings. The average Bonchev–Trinajstić information content (AvgIpc) is 3.27. The second-order valence-corrected chi connectivity index (χ2v) is 10.1. The number of likely N-dealkylation sites (tertiary alicyclic amines) is 1. The monoisotopic (exact) mass is 489 g/mol. The normalized spacial score (nSPS) is 23.5. The largest absolute Gasteiger partial charge is 0.496 e. The summed E-state index contributed by atoms with van der Waals surface area (Å²) in [5.41, 5.74) is 9.31. The minimum atomic E-state index is -0.104. The van der Waals surface area contributed by atoms with Gasteiger partial charge < -0.3 is 20.7 Å². The second kappa shape index (κ2) is 11.1. The highest BCUT2D eigenvalue weighted by molar-refractivity contribution is 6.42. The van der Waals surface area contributed by atoms with E-state index in [1.807, 2.05) is 0 Å². The van der Waals surface area contributed by atoms with Gasteiger partial charge in [-0.05, 0) is 79.8 Å². The molecule has 2 aromatic carbocycles. The molecule has 0 unspecified atom stereocenters. The Bertz CT molecular complexity index is 976. The van der Waals surface area contributed by atoms with Crippen molar-refractivity contribution in [1.29, 1.82) is 0 Å². The molecule has 0 bridgehead atoms. The molecule has 1 atom stereocenters. The van der Waals surface area contributed by atoms with Gasteiger partial charge in [0.05, 0.1) is 17.2 Å². The third-order valence-corrected chi connectivity index (χ3v) is 7.75. The van der Waals surface area contributed by atoms with E-state index in [4.69, 9.17) is 33.7 Å². The summed E-state index contributed by atoms with van der Waals surface area (Å²) in [7, 11) is 1.75. The van der Waals surface area contributed by atoms with Gasteiger partial charge in [-0.15, -0.1) is 0 Å². The lowest BCUT2D eigenvalue weighted by Gasteiger charge is -2.28. The minimum absolute atomic E-state index is 0.104. The van der Waals surface area contributed by atoms with Crippen LogP contribution in [0.15, 0.2) is 36.4 Å². The van der Waals surface area contributed by atoms with Gasteiger partial charge in [0, 0.05) is 37.3 Å². The number of nitrogens with zero attached hydrogens (tertiary/aromatic N) is 1. The van der Waals surface area contributed by atoms with E-state index >= 15 is 0 Å². The number of nitrogens with two attached hydrogens (primary N) is 1. The molecule has 0 aromatic heterocycles. The van der Waals surface area contributed by atoms with E-state index < -0.39 is 0 Å². The Kier molecular flexibility index (Phi) is 8.18. The van der Waals surface area contributed by atoms with Crippen molar-refractivity contribution >= 4 is 29.1 Å². The van der Waals surface area contributed by atoms with Crippen molar-refractivity contribution in [2.75, 3.05) is 26.7 Å². The standard InChI is InChI=1S/C26H33Cl2N3O2/c1-33-25-9-2-17(14-22(25)18-3-6-20(29)7-4-18)10-12-31-13-11-21(16-31)30-26(32)19-5-8-23(27)24(28)15-19/h2,5,8-9,14-15,18,20-21H,3-4,6-7,10-13,16,29H2,1H3,(H,30,32)/t18-,20-,21-/m0/s1. The van der Waals surface area contributed by atoms with Crippen molar-refractivity contribution in [3.05, 3.63) is 63.1 Å². The van der Waals surface area contributed by atoms with Gasteiger partial charge in [-0.25, -0.2) is 0 Å². The summed E-state index contributed by atoms with van der Waals surface area (Å²) in [4.78, 5) is 15.0. The van der Waals surface area contributed by atoms with Crippen LogP contribution < -0.4 is 15.8 Å². The SMILES string of the molecule is COc1ccc(CCN2CC[C@H](NC(=O)c3ccc(Cl)c(Cl)c3)C2)cc1[C@H]1CC[C@H](N)CC1. The summed E-state index contributed by atoms with van der Waals surface area (Å²) in [6.45, 7) is 2.81. The van der Waals surface area contributed by atoms with Crippen LogP contribution in [0.5, 0.6) is 5.75 Å². The minimum Gasteiger partial charge on any atom is -0.496 e. The highest BCUT2D eigenvalue weighted by atomic mass is 35.5. The van der Waals surface area contributed by atoms with E-state index in [-0.39, 0.29) is 11.9 Å². The molecule has 1 aliphatic heterocycles. The molecular weight excluding hydrogens is 457 g/mol. The van der Waals surface area contributed by atoms with Crippen LogP contribution in [0.1, 0.15) is 59.5 Å². The van der Waals surface area contributed by atoms with E-state index in [1.165, 1.54) is 11.1 Å². The second-order valence-electron chi connectivity index (χ2n) is 9.33. The van der Waals surface area contributed by atoms with E-state index in [2.05, 4.69) is 28.4 Å². The first kappa shape index (κ1) is 24.3. The Morgan fingerprint density at radius 1 is 1.09 bits per heavy atom. The lowest BCUT2D eigenvalue weighted by molar-refractivity contribution is 0.0938. The van der Waals surface area contributed by atoms with E-state index in [0.29, 0.717) is 27.6 Å². The van der Waals surface area contributed by atoms with Crippen molar-refractivity contribution in [3.8, 4) is 5.75 Å². The number of hydrogen-bond donors (Lipinski definition) is 2. The fraction of sp³-hybridized carbons (Fsp3) is 0.500. The number of halogens is 2. The molecule has 5 nitrogen and oxygen atoms in total. The number of benzene rings is 2. The summed E-state index contributed by atoms with van der Waals surface area (Å²) in [5, 5.41) is 3.98. The fourth-order valence-electron chi connectivity index (χ4n) is 5.04. The molecule has 0 spiro atoms. The summed E-state index contributed by atoms with van der Waals surface area (Å²) >= 11 is 12.0. The summed E-state index contributed by atoms with van der Waals surface area (Å²) < 4.78 is 5.66. The van der Waals surface area contributed by atoms with Crippen molar-refractivity contribution < 1.29 is 9.53 Å². The van der Waals surface area contributed by atoms with Crippen molar-refractivity contribution in [2.45, 2.75) is 56.5 Å². The Labute approximate surface area is 206 Å². The molecule has 4 rings (SSSR count). The number of hydrogen-bond acceptors (Lipinski definition) is 4. The Hall–Kier alpha value is -1.79. The van der Waals surface area contributed by atoms with Crippen LogP contribution in [0.4, 0.5) is 0 Å².